The first kappa shape index (κ1) is 17.4. The minimum atomic E-state index is -4.45. The molecule has 0 aliphatic carbocycles. The van der Waals surface area contributed by atoms with Gasteiger partial charge in [-0.15, -0.1) is 0 Å². The number of rotatable bonds is 4. The van der Waals surface area contributed by atoms with Crippen molar-refractivity contribution in [3.8, 4) is 0 Å². The first-order valence-corrected chi connectivity index (χ1v) is 8.44. The molecule has 0 spiro atoms. The van der Waals surface area contributed by atoms with Crippen LogP contribution in [0.4, 0.5) is 18.9 Å². The molecule has 0 bridgehead atoms. The number of carbonyl (C=O) groups is 1. The minimum Gasteiger partial charge on any atom is -0.348 e. The van der Waals surface area contributed by atoms with Crippen molar-refractivity contribution in [1.29, 1.82) is 0 Å². The highest BCUT2D eigenvalue weighted by Gasteiger charge is 2.31. The van der Waals surface area contributed by atoms with Gasteiger partial charge in [0.2, 0.25) is 0 Å². The Labute approximate surface area is 146 Å². The van der Waals surface area contributed by atoms with E-state index in [4.69, 9.17) is 0 Å². The first-order valence-electron chi connectivity index (χ1n) is 7.62. The number of hydrogen-bond acceptors (Lipinski definition) is 2. The highest BCUT2D eigenvalue weighted by molar-refractivity contribution is 8.00. The molecular weight excluding hydrogens is 349 g/mol. The molecule has 3 nitrogen and oxygen atoms in total. The van der Waals surface area contributed by atoms with Crippen LogP contribution < -0.4 is 5.32 Å². The van der Waals surface area contributed by atoms with Crippen molar-refractivity contribution < 1.29 is 18.0 Å². The number of carbonyl (C=O) groups excluding carboxylic acids is 1. The fourth-order valence-electron chi connectivity index (χ4n) is 2.62. The smallest absolute Gasteiger partial charge is 0.348 e. The number of nitrogens with one attached hydrogen (secondary N) is 1. The molecule has 1 heterocycles. The number of aromatic nitrogens is 1. The fraction of sp³-hybridized carbons (Fsp3) is 0.167. The van der Waals surface area contributed by atoms with Gasteiger partial charge in [-0.25, -0.2) is 0 Å². The summed E-state index contributed by atoms with van der Waals surface area (Å²) < 4.78 is 40.0. The molecule has 0 atom stereocenters. The molecule has 1 aromatic heterocycles. The monoisotopic (exact) mass is 364 g/mol. The van der Waals surface area contributed by atoms with E-state index in [-0.39, 0.29) is 22.2 Å². The predicted octanol–water partition coefficient (Wildman–Crippen LogP) is 5.53. The van der Waals surface area contributed by atoms with Crippen molar-refractivity contribution >= 4 is 34.3 Å². The molecule has 0 saturated carbocycles. The molecule has 0 radical (unpaired) electrons. The molecule has 0 aliphatic rings. The number of anilines is 1. The van der Waals surface area contributed by atoms with Gasteiger partial charge in [0.25, 0.3) is 5.91 Å². The zero-order valence-corrected chi connectivity index (χ0v) is 14.1. The number of fused-ring (bicyclic) bond motifs is 1. The second-order valence-electron chi connectivity index (χ2n) is 5.37. The lowest BCUT2D eigenvalue weighted by Crippen LogP contribution is -2.14. The van der Waals surface area contributed by atoms with Crippen LogP contribution >= 0.6 is 11.8 Å². The van der Waals surface area contributed by atoms with Crippen molar-refractivity contribution in [3.05, 3.63) is 60.3 Å². The van der Waals surface area contributed by atoms with Crippen molar-refractivity contribution in [3.63, 3.8) is 0 Å². The third-order valence-electron chi connectivity index (χ3n) is 3.73. The summed E-state index contributed by atoms with van der Waals surface area (Å²) in [5.41, 5.74) is -2.87. The van der Waals surface area contributed by atoms with Crippen LogP contribution in [0.2, 0.25) is 0 Å². The molecule has 2 aromatic carbocycles. The maximum absolute atomic E-state index is 12.7. The average Bonchev–Trinajstić information content (AvgIpc) is 2.96. The van der Waals surface area contributed by atoms with E-state index < -0.39 is 11.4 Å². The number of hydrogen-bond donors (Lipinski definition) is 1. The van der Waals surface area contributed by atoms with Crippen LogP contribution in [-0.4, -0.2) is 16.0 Å². The van der Waals surface area contributed by atoms with Gasteiger partial charge in [0.05, 0.1) is 5.56 Å². The summed E-state index contributed by atoms with van der Waals surface area (Å²) in [7, 11) is 0. The summed E-state index contributed by atoms with van der Waals surface area (Å²) in [6, 6.07) is 13.1. The molecule has 3 rings (SSSR count). The van der Waals surface area contributed by atoms with E-state index >= 15 is 0 Å². The fourth-order valence-corrected chi connectivity index (χ4v) is 3.29. The Hall–Kier alpha value is -2.41. The molecule has 3 aromatic rings. The zero-order chi connectivity index (χ0) is 18.0. The Bertz CT molecular complexity index is 918. The lowest BCUT2D eigenvalue weighted by Gasteiger charge is -2.11. The number of amides is 1. The number of alkyl halides is 3. The van der Waals surface area contributed by atoms with Gasteiger partial charge in [0.1, 0.15) is 0 Å². The van der Waals surface area contributed by atoms with Crippen LogP contribution in [0.1, 0.15) is 17.3 Å². The topological polar surface area (TPSA) is 34.0 Å². The summed E-state index contributed by atoms with van der Waals surface area (Å²) >= 11 is -0.289. The Morgan fingerprint density at radius 3 is 2.64 bits per heavy atom. The molecule has 0 fully saturated rings. The summed E-state index contributed by atoms with van der Waals surface area (Å²) in [6.07, 6.45) is 1.95. The second-order valence-corrected chi connectivity index (χ2v) is 6.48. The van der Waals surface area contributed by atoms with Gasteiger partial charge in [-0.3, -0.25) is 4.79 Å². The molecule has 25 heavy (non-hydrogen) atoms. The summed E-state index contributed by atoms with van der Waals surface area (Å²) in [5.74, 6) is -0.568. The van der Waals surface area contributed by atoms with Crippen molar-refractivity contribution in [2.24, 2.45) is 0 Å². The highest BCUT2D eigenvalue weighted by atomic mass is 32.2. The normalized spacial score (nSPS) is 11.7. The molecule has 0 saturated heterocycles. The molecule has 1 amide bonds. The largest absolute Gasteiger partial charge is 0.446 e. The van der Waals surface area contributed by atoms with E-state index in [2.05, 4.69) is 9.88 Å². The summed E-state index contributed by atoms with van der Waals surface area (Å²) in [5, 5.41) is 3.63. The minimum absolute atomic E-state index is 0.00366. The van der Waals surface area contributed by atoms with E-state index in [0.717, 1.165) is 17.4 Å². The van der Waals surface area contributed by atoms with E-state index in [1.54, 1.807) is 18.2 Å². The van der Waals surface area contributed by atoms with Gasteiger partial charge in [0, 0.05) is 34.2 Å². The van der Waals surface area contributed by atoms with Gasteiger partial charge in [0.15, 0.2) is 0 Å². The Morgan fingerprint density at radius 1 is 1.16 bits per heavy atom. The molecule has 130 valence electrons. The van der Waals surface area contributed by atoms with E-state index in [1.165, 1.54) is 18.2 Å². The number of nitrogens with zero attached hydrogens (tertiary/aromatic N) is 1. The van der Waals surface area contributed by atoms with Gasteiger partial charge in [-0.05, 0) is 55.1 Å². The van der Waals surface area contributed by atoms with Crippen molar-refractivity contribution in [2.45, 2.75) is 23.9 Å². The van der Waals surface area contributed by atoms with Gasteiger partial charge < -0.3 is 9.88 Å². The predicted molar refractivity (Wildman–Crippen MR) is 93.9 cm³/mol. The third kappa shape index (κ3) is 3.99. The first-order chi connectivity index (χ1) is 11.9. The van der Waals surface area contributed by atoms with Crippen LogP contribution in [0, 0.1) is 0 Å². The van der Waals surface area contributed by atoms with Gasteiger partial charge in [-0.2, -0.15) is 13.2 Å². The second kappa shape index (κ2) is 6.84. The number of halogens is 3. The third-order valence-corrected chi connectivity index (χ3v) is 4.53. The molecule has 0 aliphatic heterocycles. The van der Waals surface area contributed by atoms with Crippen LogP contribution in [0.3, 0.4) is 0 Å². The number of benzene rings is 2. The van der Waals surface area contributed by atoms with Crippen molar-refractivity contribution in [2.75, 3.05) is 5.32 Å². The molecule has 7 heteroatoms. The number of thioether (sulfide) groups is 1. The van der Waals surface area contributed by atoms with E-state index in [0.29, 0.717) is 5.69 Å². The number of aryl methyl sites for hydroxylation is 1. The van der Waals surface area contributed by atoms with Gasteiger partial charge >= 0.3 is 5.51 Å². The highest BCUT2D eigenvalue weighted by Crippen LogP contribution is 2.38. The SMILES string of the molecule is CCn1ccc2cc(NC(=O)c3ccccc3SC(F)(F)F)ccc21. The lowest BCUT2D eigenvalue weighted by atomic mass is 10.2. The molecular formula is C18H15F3N2OS. The lowest BCUT2D eigenvalue weighted by molar-refractivity contribution is -0.0328. The Kier molecular flexibility index (Phi) is 4.76. The van der Waals surface area contributed by atoms with Crippen LogP contribution in [-0.2, 0) is 6.54 Å². The van der Waals surface area contributed by atoms with Crippen molar-refractivity contribution in [1.82, 2.24) is 4.57 Å². The maximum atomic E-state index is 12.7. The molecule has 0 unspecified atom stereocenters. The Morgan fingerprint density at radius 2 is 1.92 bits per heavy atom. The van der Waals surface area contributed by atoms with E-state index in [9.17, 15) is 18.0 Å². The van der Waals surface area contributed by atoms with Crippen LogP contribution in [0.15, 0.2) is 59.6 Å². The molecule has 1 N–H and O–H groups in total. The van der Waals surface area contributed by atoms with E-state index in [1.807, 2.05) is 25.3 Å². The maximum Gasteiger partial charge on any atom is 0.446 e. The standard InChI is InChI=1S/C18H15F3N2OS/c1-2-23-10-9-12-11-13(7-8-15(12)23)22-17(24)14-5-3-4-6-16(14)25-18(19,20)21/h3-11H,2H2,1H3,(H,22,24). The quantitative estimate of drug-likeness (QED) is 0.618. The van der Waals surface area contributed by atoms with Gasteiger partial charge in [-0.1, -0.05) is 12.1 Å². The summed E-state index contributed by atoms with van der Waals surface area (Å²) in [4.78, 5) is 12.3. The van der Waals surface area contributed by atoms with Crippen LogP contribution in [0.5, 0.6) is 0 Å². The zero-order valence-electron chi connectivity index (χ0n) is 13.3. The average molecular weight is 364 g/mol. The van der Waals surface area contributed by atoms with Crippen LogP contribution in [0.25, 0.3) is 10.9 Å². The Balaban J connectivity index is 1.85. The summed E-state index contributed by atoms with van der Waals surface area (Å²) in [6.45, 7) is 2.86.